The maximum atomic E-state index is 13.1. The molecular formula is C13H9BrClFN2O. The summed E-state index contributed by atoms with van der Waals surface area (Å²) < 4.78 is 13.7. The van der Waals surface area contributed by atoms with Crippen molar-refractivity contribution in [3.8, 4) is 0 Å². The first kappa shape index (κ1) is 13.8. The molecule has 98 valence electrons. The maximum absolute atomic E-state index is 13.1. The Kier molecular flexibility index (Phi) is 4.07. The molecule has 3 nitrogen and oxygen atoms in total. The molecule has 0 aromatic heterocycles. The number of nitrogens with one attached hydrogen (secondary N) is 1. The lowest BCUT2D eigenvalue weighted by atomic mass is 10.1. The zero-order valence-electron chi connectivity index (χ0n) is 9.58. The third-order valence-electron chi connectivity index (χ3n) is 2.45. The van der Waals surface area contributed by atoms with E-state index in [9.17, 15) is 9.18 Å². The number of nitrogen functional groups attached to an aromatic ring is 1. The van der Waals surface area contributed by atoms with Gasteiger partial charge in [0.05, 0.1) is 16.3 Å². The van der Waals surface area contributed by atoms with Gasteiger partial charge in [-0.15, -0.1) is 0 Å². The van der Waals surface area contributed by atoms with Crippen LogP contribution >= 0.6 is 27.5 Å². The van der Waals surface area contributed by atoms with Crippen molar-refractivity contribution in [2.45, 2.75) is 0 Å². The SMILES string of the molecule is Nc1cccc(Cl)c1C(=O)Nc1cc(F)ccc1Br. The van der Waals surface area contributed by atoms with Gasteiger partial charge in [0.15, 0.2) is 0 Å². The molecule has 2 aromatic carbocycles. The van der Waals surface area contributed by atoms with Crippen LogP contribution in [-0.4, -0.2) is 5.91 Å². The number of benzene rings is 2. The molecule has 0 heterocycles. The zero-order chi connectivity index (χ0) is 14.0. The van der Waals surface area contributed by atoms with Gasteiger partial charge < -0.3 is 11.1 Å². The monoisotopic (exact) mass is 342 g/mol. The molecule has 0 aliphatic heterocycles. The first-order valence-corrected chi connectivity index (χ1v) is 6.46. The second-order valence-electron chi connectivity index (χ2n) is 3.78. The Morgan fingerprint density at radius 1 is 1.32 bits per heavy atom. The van der Waals surface area contributed by atoms with Crippen LogP contribution in [0.3, 0.4) is 0 Å². The van der Waals surface area contributed by atoms with E-state index in [1.807, 2.05) is 0 Å². The molecule has 2 rings (SSSR count). The van der Waals surface area contributed by atoms with E-state index in [4.69, 9.17) is 17.3 Å². The van der Waals surface area contributed by atoms with Gasteiger partial charge >= 0.3 is 0 Å². The van der Waals surface area contributed by atoms with Crippen molar-refractivity contribution in [3.05, 3.63) is 57.3 Å². The first-order chi connectivity index (χ1) is 8.99. The molecule has 0 bridgehead atoms. The summed E-state index contributed by atoms with van der Waals surface area (Å²) in [7, 11) is 0. The van der Waals surface area contributed by atoms with Crippen LogP contribution in [0.2, 0.25) is 5.02 Å². The summed E-state index contributed by atoms with van der Waals surface area (Å²) >= 11 is 9.16. The van der Waals surface area contributed by atoms with Gasteiger partial charge in [-0.25, -0.2) is 4.39 Å². The van der Waals surface area contributed by atoms with E-state index in [2.05, 4.69) is 21.2 Å². The van der Waals surface area contributed by atoms with Crippen molar-refractivity contribution in [1.82, 2.24) is 0 Å². The third-order valence-corrected chi connectivity index (χ3v) is 3.46. The largest absolute Gasteiger partial charge is 0.398 e. The zero-order valence-corrected chi connectivity index (χ0v) is 11.9. The molecule has 2 aromatic rings. The van der Waals surface area contributed by atoms with Crippen LogP contribution in [0.5, 0.6) is 0 Å². The number of nitrogens with two attached hydrogens (primary N) is 1. The fraction of sp³-hybridized carbons (Fsp3) is 0. The van der Waals surface area contributed by atoms with Crippen LogP contribution in [-0.2, 0) is 0 Å². The Morgan fingerprint density at radius 3 is 2.74 bits per heavy atom. The van der Waals surface area contributed by atoms with E-state index < -0.39 is 11.7 Å². The predicted octanol–water partition coefficient (Wildman–Crippen LogP) is 4.08. The molecule has 0 spiro atoms. The number of halogens is 3. The lowest BCUT2D eigenvalue weighted by Crippen LogP contribution is -2.15. The summed E-state index contributed by atoms with van der Waals surface area (Å²) in [6.07, 6.45) is 0. The fourth-order valence-corrected chi connectivity index (χ4v) is 2.17. The van der Waals surface area contributed by atoms with Crippen LogP contribution in [0, 0.1) is 5.82 Å². The summed E-state index contributed by atoms with van der Waals surface area (Å²) in [5.41, 5.74) is 6.45. The van der Waals surface area contributed by atoms with Crippen LogP contribution in [0.15, 0.2) is 40.9 Å². The molecule has 0 unspecified atom stereocenters. The average molecular weight is 344 g/mol. The van der Waals surface area contributed by atoms with Crippen molar-refractivity contribution in [1.29, 1.82) is 0 Å². The molecule has 0 aliphatic rings. The van der Waals surface area contributed by atoms with Crippen LogP contribution in [0.4, 0.5) is 15.8 Å². The van der Waals surface area contributed by atoms with E-state index in [1.54, 1.807) is 18.2 Å². The highest BCUT2D eigenvalue weighted by Crippen LogP contribution is 2.27. The van der Waals surface area contributed by atoms with Crippen molar-refractivity contribution in [2.75, 3.05) is 11.1 Å². The normalized spacial score (nSPS) is 10.3. The van der Waals surface area contributed by atoms with Gasteiger partial charge in [0.1, 0.15) is 5.82 Å². The maximum Gasteiger partial charge on any atom is 0.259 e. The number of hydrogen-bond acceptors (Lipinski definition) is 2. The predicted molar refractivity (Wildman–Crippen MR) is 77.9 cm³/mol. The van der Waals surface area contributed by atoms with Gasteiger partial charge in [-0.2, -0.15) is 0 Å². The fourth-order valence-electron chi connectivity index (χ4n) is 1.56. The molecule has 0 radical (unpaired) electrons. The minimum Gasteiger partial charge on any atom is -0.398 e. The van der Waals surface area contributed by atoms with Crippen molar-refractivity contribution in [2.24, 2.45) is 0 Å². The standard InChI is InChI=1S/C13H9BrClFN2O/c14-8-5-4-7(16)6-11(8)18-13(19)12-9(15)2-1-3-10(12)17/h1-6H,17H2,(H,18,19). The molecule has 0 saturated heterocycles. The molecule has 6 heteroatoms. The molecule has 3 N–H and O–H groups in total. The molecule has 0 saturated carbocycles. The molecule has 1 amide bonds. The number of carbonyl (C=O) groups excluding carboxylic acids is 1. The number of rotatable bonds is 2. The van der Waals surface area contributed by atoms with E-state index in [0.717, 1.165) is 0 Å². The lowest BCUT2D eigenvalue weighted by molar-refractivity contribution is 0.102. The topological polar surface area (TPSA) is 55.1 Å². The molecule has 19 heavy (non-hydrogen) atoms. The van der Waals surface area contributed by atoms with Crippen molar-refractivity contribution in [3.63, 3.8) is 0 Å². The summed E-state index contributed by atoms with van der Waals surface area (Å²) in [5.74, 6) is -0.944. The Hall–Kier alpha value is -1.59. The highest BCUT2D eigenvalue weighted by Gasteiger charge is 2.15. The van der Waals surface area contributed by atoms with Crippen LogP contribution in [0.25, 0.3) is 0 Å². The van der Waals surface area contributed by atoms with Crippen molar-refractivity contribution < 1.29 is 9.18 Å². The van der Waals surface area contributed by atoms with Gasteiger partial charge in [0, 0.05) is 10.2 Å². The summed E-state index contributed by atoms with van der Waals surface area (Å²) in [5, 5.41) is 2.80. The van der Waals surface area contributed by atoms with Crippen molar-refractivity contribution >= 4 is 44.8 Å². The molecule has 0 aliphatic carbocycles. The van der Waals surface area contributed by atoms with Gasteiger partial charge in [-0.1, -0.05) is 17.7 Å². The number of anilines is 2. The summed E-state index contributed by atoms with van der Waals surface area (Å²) in [6, 6.07) is 8.76. The quantitative estimate of drug-likeness (QED) is 0.807. The Balaban J connectivity index is 2.34. The second-order valence-corrected chi connectivity index (χ2v) is 5.04. The summed E-state index contributed by atoms with van der Waals surface area (Å²) in [6.45, 7) is 0. The Labute approximate surface area is 122 Å². The van der Waals surface area contributed by atoms with E-state index in [0.29, 0.717) is 10.2 Å². The minimum atomic E-state index is -0.491. The van der Waals surface area contributed by atoms with Gasteiger partial charge in [0.25, 0.3) is 5.91 Å². The van der Waals surface area contributed by atoms with Gasteiger partial charge in [0.2, 0.25) is 0 Å². The number of carbonyl (C=O) groups is 1. The van der Waals surface area contributed by atoms with E-state index in [-0.39, 0.29) is 16.3 Å². The highest BCUT2D eigenvalue weighted by molar-refractivity contribution is 9.10. The minimum absolute atomic E-state index is 0.167. The van der Waals surface area contributed by atoms with Crippen LogP contribution in [0.1, 0.15) is 10.4 Å². The Bertz CT molecular complexity index is 628. The smallest absolute Gasteiger partial charge is 0.259 e. The average Bonchev–Trinajstić information content (AvgIpc) is 2.33. The van der Waals surface area contributed by atoms with E-state index >= 15 is 0 Å². The molecule has 0 atom stereocenters. The number of amides is 1. The number of hydrogen-bond donors (Lipinski definition) is 2. The molecular weight excluding hydrogens is 335 g/mol. The second kappa shape index (κ2) is 5.59. The van der Waals surface area contributed by atoms with Crippen LogP contribution < -0.4 is 11.1 Å². The van der Waals surface area contributed by atoms with Gasteiger partial charge in [-0.3, -0.25) is 4.79 Å². The summed E-state index contributed by atoms with van der Waals surface area (Å²) in [4.78, 5) is 12.1. The first-order valence-electron chi connectivity index (χ1n) is 5.29. The lowest BCUT2D eigenvalue weighted by Gasteiger charge is -2.10. The molecule has 0 fully saturated rings. The Morgan fingerprint density at radius 2 is 2.05 bits per heavy atom. The van der Waals surface area contributed by atoms with Gasteiger partial charge in [-0.05, 0) is 46.3 Å². The third kappa shape index (κ3) is 3.05. The van der Waals surface area contributed by atoms with E-state index in [1.165, 1.54) is 18.2 Å². The highest BCUT2D eigenvalue weighted by atomic mass is 79.9.